The Morgan fingerprint density at radius 2 is 2.04 bits per heavy atom. The largest absolute Gasteiger partial charge is 0.452 e. The van der Waals surface area contributed by atoms with E-state index >= 15 is 0 Å². The summed E-state index contributed by atoms with van der Waals surface area (Å²) in [5.74, 6) is -3.10. The molecule has 1 aliphatic rings. The first-order valence-corrected chi connectivity index (χ1v) is 6.16. The third-order valence-corrected chi connectivity index (χ3v) is 3.37. The van der Waals surface area contributed by atoms with Crippen LogP contribution in [-0.2, 0) is 10.3 Å². The Morgan fingerprint density at radius 1 is 1.43 bits per heavy atom. The first-order chi connectivity index (χ1) is 10.4. The van der Waals surface area contributed by atoms with Gasteiger partial charge in [-0.15, -0.1) is 0 Å². The number of nitrogens with zero attached hydrogens (tertiary/aromatic N) is 2. The fourth-order valence-electron chi connectivity index (χ4n) is 2.29. The second-order valence-corrected chi connectivity index (χ2v) is 5.12. The highest BCUT2D eigenvalue weighted by Gasteiger charge is 2.50. The summed E-state index contributed by atoms with van der Waals surface area (Å²) in [5.41, 5.74) is 1.71. The summed E-state index contributed by atoms with van der Waals surface area (Å²) in [7, 11) is 0. The predicted molar refractivity (Wildman–Crippen MR) is 67.5 cm³/mol. The van der Waals surface area contributed by atoms with Gasteiger partial charge in [0.05, 0.1) is 16.5 Å². The Morgan fingerprint density at radius 3 is 2.57 bits per heavy atom. The van der Waals surface area contributed by atoms with E-state index < -0.39 is 58.1 Å². The lowest BCUT2D eigenvalue weighted by molar-refractivity contribution is -0.385. The minimum atomic E-state index is -4.82. The Kier molecular flexibility index (Phi) is 3.91. The van der Waals surface area contributed by atoms with E-state index in [2.05, 4.69) is 9.73 Å². The van der Waals surface area contributed by atoms with Crippen LogP contribution in [0.5, 0.6) is 0 Å². The minimum absolute atomic E-state index is 0.329. The summed E-state index contributed by atoms with van der Waals surface area (Å²) in [5, 5.41) is 10.7. The molecule has 2 N–H and O–H groups in total. The zero-order chi connectivity index (χ0) is 17.6. The van der Waals surface area contributed by atoms with Crippen LogP contribution in [0.15, 0.2) is 17.1 Å². The van der Waals surface area contributed by atoms with E-state index in [9.17, 15) is 32.1 Å². The Bertz CT molecular complexity index is 691. The number of nitrogens with two attached hydrogens (primary N) is 1. The molecule has 6 nitrogen and oxygen atoms in total. The van der Waals surface area contributed by atoms with E-state index in [1.54, 1.807) is 0 Å². The summed E-state index contributed by atoms with van der Waals surface area (Å²) in [6.07, 6.45) is -8.13. The molecule has 0 aliphatic carbocycles. The van der Waals surface area contributed by atoms with Crippen molar-refractivity contribution in [3.05, 3.63) is 39.4 Å². The maximum atomic E-state index is 14.0. The van der Waals surface area contributed by atoms with Gasteiger partial charge in [-0.1, -0.05) is 0 Å². The Labute approximate surface area is 125 Å². The summed E-state index contributed by atoms with van der Waals surface area (Å²) < 4.78 is 70.5. The summed E-state index contributed by atoms with van der Waals surface area (Å²) in [6.45, 7) is 1.06. The third-order valence-electron chi connectivity index (χ3n) is 3.37. The van der Waals surface area contributed by atoms with Crippen molar-refractivity contribution >= 4 is 11.7 Å². The molecular weight excluding hydrogens is 329 g/mol. The van der Waals surface area contributed by atoms with Gasteiger partial charge in [-0.25, -0.2) is 13.8 Å². The van der Waals surface area contributed by atoms with Gasteiger partial charge < -0.3 is 10.5 Å². The van der Waals surface area contributed by atoms with E-state index in [0.29, 0.717) is 12.1 Å². The molecule has 2 rings (SSSR count). The van der Waals surface area contributed by atoms with Crippen molar-refractivity contribution < 1.29 is 31.6 Å². The first kappa shape index (κ1) is 16.9. The molecule has 1 heterocycles. The molecule has 0 bridgehead atoms. The molecule has 1 aromatic carbocycles. The number of nitro groups is 1. The van der Waals surface area contributed by atoms with Crippen LogP contribution in [0.4, 0.5) is 27.6 Å². The molecule has 1 aliphatic heterocycles. The highest BCUT2D eigenvalue weighted by molar-refractivity contribution is 5.73. The van der Waals surface area contributed by atoms with Gasteiger partial charge in [0, 0.05) is 18.1 Å². The van der Waals surface area contributed by atoms with Crippen LogP contribution in [-0.4, -0.2) is 23.2 Å². The number of nitro benzene ring substituents is 1. The average Bonchev–Trinajstić information content (AvgIpc) is 2.39. The fourth-order valence-corrected chi connectivity index (χ4v) is 2.29. The van der Waals surface area contributed by atoms with Crippen LogP contribution < -0.4 is 5.73 Å². The van der Waals surface area contributed by atoms with Gasteiger partial charge in [-0.3, -0.25) is 10.1 Å². The van der Waals surface area contributed by atoms with Crippen molar-refractivity contribution in [2.75, 3.05) is 0 Å². The van der Waals surface area contributed by atoms with Crippen molar-refractivity contribution in [3.63, 3.8) is 0 Å². The summed E-state index contributed by atoms with van der Waals surface area (Å²) in [4.78, 5) is 13.3. The molecule has 126 valence electrons. The molecule has 0 aromatic heterocycles. The highest BCUT2D eigenvalue weighted by Crippen LogP contribution is 2.42. The maximum absolute atomic E-state index is 14.0. The van der Waals surface area contributed by atoms with Crippen molar-refractivity contribution in [3.8, 4) is 0 Å². The predicted octanol–water partition coefficient (Wildman–Crippen LogP) is 2.75. The number of ether oxygens (including phenoxy) is 1. The van der Waals surface area contributed by atoms with E-state index in [0.717, 1.165) is 6.92 Å². The zero-order valence-electron chi connectivity index (χ0n) is 11.5. The molecule has 1 aromatic rings. The Balaban J connectivity index is 2.59. The maximum Gasteiger partial charge on any atom is 0.425 e. The van der Waals surface area contributed by atoms with Crippen LogP contribution in [0.3, 0.4) is 0 Å². The molecule has 0 amide bonds. The van der Waals surface area contributed by atoms with Gasteiger partial charge in [-0.05, 0) is 6.92 Å². The number of hydrogen-bond acceptors (Lipinski definition) is 5. The standard InChI is InChI=1S/C12H10F5N3O3/c1-11(4-8(12(15,16)17)23-10(18)19-11)6-2-5(20(21)22)3-7(13)9(6)14/h2-3,8H,4H2,1H3,(H2,18,19). The van der Waals surface area contributed by atoms with Crippen molar-refractivity contribution in [1.29, 1.82) is 0 Å². The van der Waals surface area contributed by atoms with Gasteiger partial charge in [0.2, 0.25) is 0 Å². The van der Waals surface area contributed by atoms with Gasteiger partial charge in [0.1, 0.15) is 0 Å². The highest BCUT2D eigenvalue weighted by atomic mass is 19.4. The Hall–Kier alpha value is -2.46. The summed E-state index contributed by atoms with van der Waals surface area (Å²) in [6, 6.07) is 0.0939. The molecule has 0 radical (unpaired) electrons. The molecule has 2 unspecified atom stereocenters. The first-order valence-electron chi connectivity index (χ1n) is 6.16. The number of rotatable bonds is 2. The third kappa shape index (κ3) is 3.17. The minimum Gasteiger partial charge on any atom is -0.452 e. The molecular formula is C12H10F5N3O3. The van der Waals surface area contributed by atoms with Gasteiger partial charge in [0.15, 0.2) is 17.7 Å². The van der Waals surface area contributed by atoms with Crippen LogP contribution in [0.1, 0.15) is 18.9 Å². The molecule has 0 spiro atoms. The molecule has 0 fully saturated rings. The summed E-state index contributed by atoms with van der Waals surface area (Å²) >= 11 is 0. The van der Waals surface area contributed by atoms with E-state index in [-0.39, 0.29) is 0 Å². The van der Waals surface area contributed by atoms with Crippen LogP contribution >= 0.6 is 0 Å². The normalized spacial score (nSPS) is 24.8. The SMILES string of the molecule is CC1(c2cc([N+](=O)[O-])cc(F)c2F)CC(C(F)(F)F)OC(N)=N1. The lowest BCUT2D eigenvalue weighted by Crippen LogP contribution is -2.46. The van der Waals surface area contributed by atoms with Gasteiger partial charge in [-0.2, -0.15) is 13.2 Å². The lowest BCUT2D eigenvalue weighted by Gasteiger charge is -2.35. The number of amidine groups is 1. The van der Waals surface area contributed by atoms with E-state index in [1.807, 2.05) is 0 Å². The monoisotopic (exact) mass is 339 g/mol. The van der Waals surface area contributed by atoms with Gasteiger partial charge in [0.25, 0.3) is 11.7 Å². The number of hydrogen-bond donors (Lipinski definition) is 1. The van der Waals surface area contributed by atoms with Crippen LogP contribution in [0, 0.1) is 21.7 Å². The lowest BCUT2D eigenvalue weighted by atomic mass is 9.85. The number of alkyl halides is 3. The zero-order valence-corrected chi connectivity index (χ0v) is 11.5. The molecule has 23 heavy (non-hydrogen) atoms. The average molecular weight is 339 g/mol. The molecule has 11 heteroatoms. The van der Waals surface area contributed by atoms with Crippen LogP contribution in [0.2, 0.25) is 0 Å². The quantitative estimate of drug-likeness (QED) is 0.509. The molecule has 2 atom stereocenters. The second-order valence-electron chi connectivity index (χ2n) is 5.12. The van der Waals surface area contributed by atoms with E-state index in [4.69, 9.17) is 5.73 Å². The van der Waals surface area contributed by atoms with Crippen LogP contribution in [0.25, 0.3) is 0 Å². The smallest absolute Gasteiger partial charge is 0.425 e. The number of halogens is 5. The molecule has 0 saturated heterocycles. The number of non-ortho nitro benzene ring substituents is 1. The van der Waals surface area contributed by atoms with E-state index in [1.165, 1.54) is 0 Å². The fraction of sp³-hybridized carbons (Fsp3) is 0.417. The second kappa shape index (κ2) is 5.32. The van der Waals surface area contributed by atoms with Crippen molar-refractivity contribution in [2.45, 2.75) is 31.2 Å². The topological polar surface area (TPSA) is 90.8 Å². The van der Waals surface area contributed by atoms with Crippen molar-refractivity contribution in [2.24, 2.45) is 10.7 Å². The van der Waals surface area contributed by atoms with Crippen molar-refractivity contribution in [1.82, 2.24) is 0 Å². The van der Waals surface area contributed by atoms with Gasteiger partial charge >= 0.3 is 6.18 Å². The molecule has 0 saturated carbocycles. The number of benzene rings is 1. The number of aliphatic imine (C=N–C) groups is 1.